The Morgan fingerprint density at radius 3 is 2.61 bits per heavy atom. The van der Waals surface area contributed by atoms with Gasteiger partial charge in [0.2, 0.25) is 5.82 Å². The molecule has 0 aliphatic heterocycles. The summed E-state index contributed by atoms with van der Waals surface area (Å²) >= 11 is 3.25. The number of hydrogen-bond donors (Lipinski definition) is 1. The number of rotatable bonds is 3. The van der Waals surface area contributed by atoms with Gasteiger partial charge >= 0.3 is 0 Å². The molecule has 94 valence electrons. The highest BCUT2D eigenvalue weighted by atomic mass is 79.9. The van der Waals surface area contributed by atoms with Gasteiger partial charge in [-0.15, -0.1) is 0 Å². The Balaban J connectivity index is 2.37. The smallest absolute Gasteiger partial charge is 0.201 e. The van der Waals surface area contributed by atoms with E-state index in [0.717, 1.165) is 10.5 Å². The molecule has 5 heteroatoms. The third-order valence-electron chi connectivity index (χ3n) is 2.33. The Labute approximate surface area is 111 Å². The molecule has 1 N–H and O–H groups in total. The highest BCUT2D eigenvalue weighted by molar-refractivity contribution is 9.10. The topological polar surface area (TPSA) is 29.5 Å². The third-order valence-corrected chi connectivity index (χ3v) is 2.82. The van der Waals surface area contributed by atoms with E-state index in [4.69, 9.17) is 4.74 Å². The number of benzene rings is 2. The Kier molecular flexibility index (Phi) is 3.93. The molecule has 0 saturated carbocycles. The monoisotopic (exact) mass is 314 g/mol. The summed E-state index contributed by atoms with van der Waals surface area (Å²) < 4.78 is 32.5. The van der Waals surface area contributed by atoms with Gasteiger partial charge in [-0.1, -0.05) is 22.0 Å². The molecular weight excluding hydrogens is 306 g/mol. The van der Waals surface area contributed by atoms with Crippen LogP contribution in [0.5, 0.6) is 11.5 Å². The van der Waals surface area contributed by atoms with Crippen molar-refractivity contribution in [2.45, 2.75) is 6.61 Å². The van der Waals surface area contributed by atoms with Crippen LogP contribution in [0.4, 0.5) is 8.78 Å². The highest BCUT2D eigenvalue weighted by Crippen LogP contribution is 2.30. The maximum atomic E-state index is 13.4. The first kappa shape index (κ1) is 13.0. The van der Waals surface area contributed by atoms with E-state index in [2.05, 4.69) is 15.9 Å². The van der Waals surface area contributed by atoms with Gasteiger partial charge in [0, 0.05) is 10.0 Å². The Morgan fingerprint density at radius 2 is 1.89 bits per heavy atom. The van der Waals surface area contributed by atoms with Crippen LogP contribution in [0.15, 0.2) is 40.9 Å². The molecule has 0 bridgehead atoms. The second kappa shape index (κ2) is 5.46. The molecule has 2 aromatic carbocycles. The molecule has 0 heterocycles. The molecule has 2 aromatic rings. The van der Waals surface area contributed by atoms with Crippen molar-refractivity contribution in [3.8, 4) is 11.5 Å². The van der Waals surface area contributed by atoms with Gasteiger partial charge in [0.1, 0.15) is 5.75 Å². The summed E-state index contributed by atoms with van der Waals surface area (Å²) in [6, 6.07) is 8.59. The van der Waals surface area contributed by atoms with Crippen molar-refractivity contribution in [1.29, 1.82) is 0 Å². The highest BCUT2D eigenvalue weighted by Gasteiger charge is 2.11. The number of halogens is 3. The van der Waals surface area contributed by atoms with Crippen LogP contribution in [0.1, 0.15) is 5.56 Å². The lowest BCUT2D eigenvalue weighted by molar-refractivity contribution is 0.275. The van der Waals surface area contributed by atoms with Gasteiger partial charge in [-0.05, 0) is 30.3 Å². The maximum Gasteiger partial charge on any atom is 0.201 e. The van der Waals surface area contributed by atoms with E-state index in [1.54, 1.807) is 18.2 Å². The second-order valence-electron chi connectivity index (χ2n) is 3.56. The average molecular weight is 315 g/mol. The van der Waals surface area contributed by atoms with Crippen LogP contribution in [-0.4, -0.2) is 5.11 Å². The average Bonchev–Trinajstić information content (AvgIpc) is 2.37. The van der Waals surface area contributed by atoms with Crippen LogP contribution in [0.2, 0.25) is 0 Å². The largest absolute Gasteiger partial charge is 0.454 e. The van der Waals surface area contributed by atoms with Crippen LogP contribution in [0.3, 0.4) is 0 Å². The van der Waals surface area contributed by atoms with Crippen LogP contribution in [-0.2, 0) is 6.61 Å². The molecule has 0 saturated heterocycles. The molecule has 0 spiro atoms. The SMILES string of the molecule is OCc1cc(Br)ccc1Oc1cccc(F)c1F. The van der Waals surface area contributed by atoms with Gasteiger partial charge in [0.15, 0.2) is 11.6 Å². The minimum Gasteiger partial charge on any atom is -0.454 e. The van der Waals surface area contributed by atoms with E-state index in [1.807, 2.05) is 0 Å². The first-order valence-corrected chi connectivity index (χ1v) is 5.92. The van der Waals surface area contributed by atoms with E-state index in [-0.39, 0.29) is 18.1 Å². The quantitative estimate of drug-likeness (QED) is 0.927. The molecule has 0 amide bonds. The molecule has 0 radical (unpaired) electrons. The summed E-state index contributed by atoms with van der Waals surface area (Å²) in [5, 5.41) is 9.18. The minimum atomic E-state index is -1.05. The predicted octanol–water partition coefficient (Wildman–Crippen LogP) is 4.01. The Hall–Kier alpha value is -1.46. The minimum absolute atomic E-state index is 0.216. The van der Waals surface area contributed by atoms with Crippen molar-refractivity contribution < 1.29 is 18.6 Å². The lowest BCUT2D eigenvalue weighted by Crippen LogP contribution is -1.95. The molecule has 0 aromatic heterocycles. The van der Waals surface area contributed by atoms with Gasteiger partial charge in [-0.2, -0.15) is 4.39 Å². The Bertz CT molecular complexity index is 573. The van der Waals surface area contributed by atoms with E-state index >= 15 is 0 Å². The van der Waals surface area contributed by atoms with Crippen LogP contribution < -0.4 is 4.74 Å². The van der Waals surface area contributed by atoms with Crippen LogP contribution in [0, 0.1) is 11.6 Å². The van der Waals surface area contributed by atoms with E-state index in [1.165, 1.54) is 12.1 Å². The molecule has 0 aliphatic carbocycles. The fourth-order valence-electron chi connectivity index (χ4n) is 1.45. The molecule has 18 heavy (non-hydrogen) atoms. The van der Waals surface area contributed by atoms with Crippen molar-refractivity contribution >= 4 is 15.9 Å². The van der Waals surface area contributed by atoms with Crippen molar-refractivity contribution in [2.24, 2.45) is 0 Å². The third kappa shape index (κ3) is 2.68. The predicted molar refractivity (Wildman–Crippen MR) is 66.5 cm³/mol. The van der Waals surface area contributed by atoms with Gasteiger partial charge in [0.05, 0.1) is 6.61 Å². The zero-order chi connectivity index (χ0) is 13.1. The lowest BCUT2D eigenvalue weighted by atomic mass is 10.2. The molecular formula is C13H9BrF2O2. The Morgan fingerprint density at radius 1 is 1.11 bits per heavy atom. The van der Waals surface area contributed by atoms with E-state index < -0.39 is 11.6 Å². The number of aliphatic hydroxyl groups is 1. The molecule has 2 nitrogen and oxygen atoms in total. The van der Waals surface area contributed by atoms with Gasteiger partial charge < -0.3 is 9.84 Å². The fraction of sp³-hybridized carbons (Fsp3) is 0.0769. The van der Waals surface area contributed by atoms with Crippen LogP contribution >= 0.6 is 15.9 Å². The molecule has 0 unspecified atom stereocenters. The number of aliphatic hydroxyl groups excluding tert-OH is 1. The molecule has 0 atom stereocenters. The van der Waals surface area contributed by atoms with Crippen molar-refractivity contribution in [3.63, 3.8) is 0 Å². The summed E-state index contributed by atoms with van der Waals surface area (Å²) in [7, 11) is 0. The standard InChI is InChI=1S/C13H9BrF2O2/c14-9-4-5-11(8(6-9)7-17)18-12-3-1-2-10(15)13(12)16/h1-6,17H,7H2. The van der Waals surface area contributed by atoms with Crippen LogP contribution in [0.25, 0.3) is 0 Å². The molecule has 0 aliphatic rings. The van der Waals surface area contributed by atoms with Gasteiger partial charge in [-0.3, -0.25) is 0 Å². The van der Waals surface area contributed by atoms with E-state index in [0.29, 0.717) is 5.56 Å². The summed E-state index contributed by atoms with van der Waals surface area (Å²) in [4.78, 5) is 0. The fourth-order valence-corrected chi connectivity index (χ4v) is 1.86. The van der Waals surface area contributed by atoms with Crippen molar-refractivity contribution in [1.82, 2.24) is 0 Å². The first-order valence-electron chi connectivity index (χ1n) is 5.13. The van der Waals surface area contributed by atoms with E-state index in [9.17, 15) is 13.9 Å². The number of ether oxygens (including phenoxy) is 1. The summed E-state index contributed by atoms with van der Waals surface area (Å²) in [6.45, 7) is -0.258. The summed E-state index contributed by atoms with van der Waals surface area (Å²) in [6.07, 6.45) is 0. The second-order valence-corrected chi connectivity index (χ2v) is 4.48. The normalized spacial score (nSPS) is 10.4. The van der Waals surface area contributed by atoms with Crippen molar-refractivity contribution in [2.75, 3.05) is 0 Å². The summed E-state index contributed by atoms with van der Waals surface area (Å²) in [5.74, 6) is -1.96. The van der Waals surface area contributed by atoms with Crippen molar-refractivity contribution in [3.05, 3.63) is 58.1 Å². The zero-order valence-corrected chi connectivity index (χ0v) is 10.7. The molecule has 0 fully saturated rings. The lowest BCUT2D eigenvalue weighted by Gasteiger charge is -2.10. The van der Waals surface area contributed by atoms with Gasteiger partial charge in [-0.25, -0.2) is 4.39 Å². The van der Waals surface area contributed by atoms with Gasteiger partial charge in [0.25, 0.3) is 0 Å². The zero-order valence-electron chi connectivity index (χ0n) is 9.16. The first-order chi connectivity index (χ1) is 8.61. The molecule has 2 rings (SSSR count). The number of hydrogen-bond acceptors (Lipinski definition) is 2. The summed E-state index contributed by atoms with van der Waals surface area (Å²) in [5.41, 5.74) is 0.480. The maximum absolute atomic E-state index is 13.4.